The van der Waals surface area contributed by atoms with Crippen molar-refractivity contribution in [2.24, 2.45) is 0 Å². The molecule has 8 heteroatoms. The molecule has 1 aromatic rings. The average Bonchev–Trinajstić information content (AvgIpc) is 2.53. The van der Waals surface area contributed by atoms with E-state index in [4.69, 9.17) is 21.1 Å². The van der Waals surface area contributed by atoms with E-state index >= 15 is 0 Å². The van der Waals surface area contributed by atoms with Gasteiger partial charge in [0.1, 0.15) is 11.4 Å². The number of amides is 1. The fourth-order valence-corrected chi connectivity index (χ4v) is 2.73. The van der Waals surface area contributed by atoms with Crippen molar-refractivity contribution in [2.45, 2.75) is 45.3 Å². The van der Waals surface area contributed by atoms with Gasteiger partial charge in [-0.25, -0.2) is 14.6 Å². The molecule has 25 heavy (non-hydrogen) atoms. The van der Waals surface area contributed by atoms with Crippen LogP contribution in [0.1, 0.15) is 44.0 Å². The number of alkyl carbamates (subject to hydrolysis) is 1. The Kier molecular flexibility index (Phi) is 6.47. The highest BCUT2D eigenvalue weighted by Crippen LogP contribution is 2.20. The summed E-state index contributed by atoms with van der Waals surface area (Å²) in [6.07, 6.45) is 2.90. The van der Waals surface area contributed by atoms with Crippen LogP contribution in [-0.4, -0.2) is 47.8 Å². The summed E-state index contributed by atoms with van der Waals surface area (Å²) in [5.41, 5.74) is -0.134. The van der Waals surface area contributed by atoms with E-state index in [0.717, 1.165) is 19.4 Å². The zero-order valence-corrected chi connectivity index (χ0v) is 15.5. The van der Waals surface area contributed by atoms with E-state index in [0.29, 0.717) is 17.9 Å². The summed E-state index contributed by atoms with van der Waals surface area (Å²) in [6, 6.07) is 3.02. The molecule has 0 radical (unpaired) electrons. The van der Waals surface area contributed by atoms with Gasteiger partial charge in [-0.2, -0.15) is 0 Å². The smallest absolute Gasteiger partial charge is 0.407 e. The summed E-state index contributed by atoms with van der Waals surface area (Å²) < 4.78 is 10.1. The summed E-state index contributed by atoms with van der Waals surface area (Å²) in [5, 5.41) is 2.89. The van der Waals surface area contributed by atoms with Crippen LogP contribution in [-0.2, 0) is 9.47 Å². The second-order valence-electron chi connectivity index (χ2n) is 6.88. The van der Waals surface area contributed by atoms with Gasteiger partial charge in [-0.3, -0.25) is 0 Å². The topological polar surface area (TPSA) is 80.8 Å². The lowest BCUT2D eigenvalue weighted by Gasteiger charge is -2.34. The summed E-state index contributed by atoms with van der Waals surface area (Å²) in [7, 11) is 0. The van der Waals surface area contributed by atoms with Gasteiger partial charge in [-0.1, -0.05) is 11.6 Å². The molecule has 1 unspecified atom stereocenters. The van der Waals surface area contributed by atoms with Crippen LogP contribution in [0.2, 0.25) is 0 Å². The first-order valence-corrected chi connectivity index (χ1v) is 8.75. The molecule has 0 spiro atoms. The van der Waals surface area contributed by atoms with Crippen molar-refractivity contribution in [3.63, 3.8) is 0 Å². The quantitative estimate of drug-likeness (QED) is 0.649. The van der Waals surface area contributed by atoms with Gasteiger partial charge in [-0.15, -0.1) is 0 Å². The van der Waals surface area contributed by atoms with Gasteiger partial charge in [-0.05, 0) is 45.7 Å². The third kappa shape index (κ3) is 6.08. The monoisotopic (exact) mass is 369 g/mol. The fraction of sp³-hybridized carbons (Fsp3) is 0.588. The molecule has 7 nitrogen and oxygen atoms in total. The van der Waals surface area contributed by atoms with E-state index in [1.807, 2.05) is 25.7 Å². The number of rotatable bonds is 4. The Balaban J connectivity index is 2.00. The molecule has 2 rings (SSSR count). The van der Waals surface area contributed by atoms with Crippen molar-refractivity contribution in [3.05, 3.63) is 23.9 Å². The Morgan fingerprint density at radius 3 is 2.88 bits per heavy atom. The maximum Gasteiger partial charge on any atom is 0.407 e. The number of anilines is 1. The number of pyridine rings is 1. The molecule has 1 aromatic heterocycles. The molecule has 0 aliphatic carbocycles. The second-order valence-corrected chi connectivity index (χ2v) is 7.09. The normalized spacial score (nSPS) is 17.8. The number of hydrogen-bond acceptors (Lipinski definition) is 6. The average molecular weight is 370 g/mol. The minimum Gasteiger partial charge on any atom is -0.446 e. The Morgan fingerprint density at radius 2 is 2.20 bits per heavy atom. The minimum absolute atomic E-state index is 0.0381. The largest absolute Gasteiger partial charge is 0.446 e. The lowest BCUT2D eigenvalue weighted by Crippen LogP contribution is -2.49. The van der Waals surface area contributed by atoms with Crippen LogP contribution in [0.15, 0.2) is 18.3 Å². The molecular weight excluding hydrogens is 346 g/mol. The number of hydrogen-bond donors (Lipinski definition) is 1. The number of nitrogens with one attached hydrogen (secondary N) is 1. The first-order valence-electron chi connectivity index (χ1n) is 8.22. The first-order chi connectivity index (χ1) is 11.8. The molecule has 0 aromatic carbocycles. The van der Waals surface area contributed by atoms with Crippen molar-refractivity contribution < 1.29 is 19.1 Å². The number of halogens is 1. The number of piperidine rings is 1. The zero-order valence-electron chi connectivity index (χ0n) is 14.8. The van der Waals surface area contributed by atoms with Gasteiger partial charge in [0.15, 0.2) is 6.07 Å². The highest BCUT2D eigenvalue weighted by molar-refractivity contribution is 6.17. The van der Waals surface area contributed by atoms with Gasteiger partial charge < -0.3 is 19.7 Å². The van der Waals surface area contributed by atoms with Crippen molar-refractivity contribution >= 4 is 29.5 Å². The number of carbonyl (C=O) groups excluding carboxylic acids is 2. The molecule has 1 saturated heterocycles. The number of alkyl halides is 1. The molecule has 138 valence electrons. The van der Waals surface area contributed by atoms with E-state index in [-0.39, 0.29) is 12.1 Å². The standard InChI is InChI=1S/C17H24ClN3O4/c1-17(2,3)25-16(23)20-13-5-4-8-21(10-13)14-9-12(6-7-19-14)15(22)24-11-18/h6-7,9,13H,4-5,8,10-11H2,1-3H3,(H,20,23). The van der Waals surface area contributed by atoms with E-state index in [1.54, 1.807) is 18.3 Å². The predicted octanol–water partition coefficient (Wildman–Crippen LogP) is 2.93. The number of carbonyl (C=O) groups is 2. The number of nitrogens with zero attached hydrogens (tertiary/aromatic N) is 2. The molecule has 1 fully saturated rings. The van der Waals surface area contributed by atoms with Crippen LogP contribution in [0.4, 0.5) is 10.6 Å². The molecule has 1 N–H and O–H groups in total. The van der Waals surface area contributed by atoms with Crippen molar-refractivity contribution in [2.75, 3.05) is 24.1 Å². The van der Waals surface area contributed by atoms with Gasteiger partial charge in [0.25, 0.3) is 0 Å². The van der Waals surface area contributed by atoms with E-state index in [9.17, 15) is 9.59 Å². The van der Waals surface area contributed by atoms with E-state index in [1.165, 1.54) is 0 Å². The van der Waals surface area contributed by atoms with Crippen molar-refractivity contribution in [1.29, 1.82) is 0 Å². The maximum atomic E-state index is 11.9. The minimum atomic E-state index is -0.531. The van der Waals surface area contributed by atoms with Gasteiger partial charge in [0, 0.05) is 25.3 Å². The number of ether oxygens (including phenoxy) is 2. The zero-order chi connectivity index (χ0) is 18.4. The predicted molar refractivity (Wildman–Crippen MR) is 95.0 cm³/mol. The maximum absolute atomic E-state index is 11.9. The summed E-state index contributed by atoms with van der Waals surface area (Å²) >= 11 is 5.43. The highest BCUT2D eigenvalue weighted by atomic mass is 35.5. The fourth-order valence-electron chi connectivity index (χ4n) is 2.63. The first kappa shape index (κ1) is 19.3. The van der Waals surface area contributed by atoms with Crippen molar-refractivity contribution in [3.8, 4) is 0 Å². The van der Waals surface area contributed by atoms with E-state index in [2.05, 4.69) is 10.3 Å². The Morgan fingerprint density at radius 1 is 1.44 bits per heavy atom. The Labute approximate surface area is 152 Å². The lowest BCUT2D eigenvalue weighted by molar-refractivity contribution is 0.0498. The third-order valence-corrected chi connectivity index (χ3v) is 3.74. The van der Waals surface area contributed by atoms with E-state index < -0.39 is 17.7 Å². The van der Waals surface area contributed by atoms with Crippen LogP contribution >= 0.6 is 11.6 Å². The number of aromatic nitrogens is 1. The van der Waals surface area contributed by atoms with Gasteiger partial charge in [0.2, 0.25) is 0 Å². The van der Waals surface area contributed by atoms with Gasteiger partial charge in [0.05, 0.1) is 5.56 Å². The molecule has 1 aliphatic rings. The van der Waals surface area contributed by atoms with Gasteiger partial charge >= 0.3 is 12.1 Å². The van der Waals surface area contributed by atoms with Crippen LogP contribution in [0.3, 0.4) is 0 Å². The molecule has 0 saturated carbocycles. The molecule has 2 heterocycles. The Hall–Kier alpha value is -2.02. The summed E-state index contributed by atoms with van der Waals surface area (Å²) in [4.78, 5) is 30.1. The summed E-state index contributed by atoms with van der Waals surface area (Å²) in [6.45, 7) is 6.88. The SMILES string of the molecule is CC(C)(C)OC(=O)NC1CCCN(c2cc(C(=O)OCCl)ccn2)C1. The highest BCUT2D eigenvalue weighted by Gasteiger charge is 2.25. The molecular formula is C17H24ClN3O4. The molecule has 0 bridgehead atoms. The van der Waals surface area contributed by atoms with Crippen LogP contribution in [0.5, 0.6) is 0 Å². The number of esters is 1. The lowest BCUT2D eigenvalue weighted by atomic mass is 10.1. The third-order valence-electron chi connectivity index (χ3n) is 3.63. The molecule has 1 aliphatic heterocycles. The van der Waals surface area contributed by atoms with Crippen LogP contribution < -0.4 is 10.2 Å². The van der Waals surface area contributed by atoms with Crippen molar-refractivity contribution in [1.82, 2.24) is 10.3 Å². The van der Waals surface area contributed by atoms with Crippen LogP contribution in [0.25, 0.3) is 0 Å². The van der Waals surface area contributed by atoms with Crippen LogP contribution in [0, 0.1) is 0 Å². The second kappa shape index (κ2) is 8.38. The Bertz CT molecular complexity index is 618. The molecule has 1 atom stereocenters. The summed E-state index contributed by atoms with van der Waals surface area (Å²) in [5.74, 6) is 0.179. The molecule has 1 amide bonds.